The maximum absolute atomic E-state index is 13.0. The number of benzene rings is 1. The molecule has 0 N–H and O–H groups in total. The number of aryl methyl sites for hydroxylation is 2. The van der Waals surface area contributed by atoms with Gasteiger partial charge in [-0.05, 0) is 31.7 Å². The Hall–Kier alpha value is -3.40. The number of thiazole rings is 1. The Morgan fingerprint density at radius 3 is 2.78 bits per heavy atom. The van der Waals surface area contributed by atoms with Crippen molar-refractivity contribution >= 4 is 32.6 Å². The van der Waals surface area contributed by atoms with Crippen LogP contribution < -0.4 is 10.5 Å². The number of Topliss-reactive ketones (excluding diaryl/α,β-unsaturated/α-hetero) is 1. The molecular formula is C22H22N6O3S. The van der Waals surface area contributed by atoms with Crippen molar-refractivity contribution in [3.8, 4) is 11.7 Å². The van der Waals surface area contributed by atoms with Crippen molar-refractivity contribution in [1.29, 1.82) is 0 Å². The number of carbonyl (C=O) groups excluding carboxylic acids is 1. The summed E-state index contributed by atoms with van der Waals surface area (Å²) in [5, 5.41) is 4.43. The van der Waals surface area contributed by atoms with Crippen LogP contribution >= 0.6 is 11.3 Å². The van der Waals surface area contributed by atoms with Gasteiger partial charge in [-0.1, -0.05) is 46.8 Å². The van der Waals surface area contributed by atoms with Crippen molar-refractivity contribution in [1.82, 2.24) is 24.7 Å². The van der Waals surface area contributed by atoms with Gasteiger partial charge in [-0.3, -0.25) is 14.2 Å². The zero-order chi connectivity index (χ0) is 22.2. The smallest absolute Gasteiger partial charge is 0.294 e. The Bertz CT molecular complexity index is 1340. The van der Waals surface area contributed by atoms with Gasteiger partial charge in [0, 0.05) is 20.0 Å². The first-order chi connectivity index (χ1) is 15.5. The molecule has 1 atom stereocenters. The molecule has 1 aromatic carbocycles. The summed E-state index contributed by atoms with van der Waals surface area (Å²) in [6.07, 6.45) is 2.91. The molecule has 3 aromatic heterocycles. The van der Waals surface area contributed by atoms with Crippen molar-refractivity contribution in [3.05, 3.63) is 52.1 Å². The maximum atomic E-state index is 13.0. The average Bonchev–Trinajstić information content (AvgIpc) is 3.54. The van der Waals surface area contributed by atoms with E-state index < -0.39 is 0 Å². The average molecular weight is 451 g/mol. The Kier molecular flexibility index (Phi) is 5.30. The fourth-order valence-electron chi connectivity index (χ4n) is 4.05. The van der Waals surface area contributed by atoms with Crippen molar-refractivity contribution in [2.24, 2.45) is 7.05 Å². The normalized spacial score (nSPS) is 16.2. The van der Waals surface area contributed by atoms with E-state index in [1.165, 1.54) is 15.9 Å². The highest BCUT2D eigenvalue weighted by atomic mass is 32.1. The van der Waals surface area contributed by atoms with E-state index in [1.54, 1.807) is 14.0 Å². The number of aromatic nitrogens is 5. The number of fused-ring (bicyclic) bond motifs is 1. The van der Waals surface area contributed by atoms with Crippen LogP contribution in [0.1, 0.15) is 30.7 Å². The summed E-state index contributed by atoms with van der Waals surface area (Å²) in [5.74, 6) is 1.16. The number of anilines is 1. The lowest BCUT2D eigenvalue weighted by Gasteiger charge is -2.22. The topological polar surface area (TPSA) is 107 Å². The third-order valence-corrected chi connectivity index (χ3v) is 6.71. The van der Waals surface area contributed by atoms with E-state index in [9.17, 15) is 9.59 Å². The zero-order valence-electron chi connectivity index (χ0n) is 17.8. The van der Waals surface area contributed by atoms with Gasteiger partial charge in [0.05, 0.1) is 6.04 Å². The molecule has 4 aromatic rings. The van der Waals surface area contributed by atoms with Crippen LogP contribution in [-0.4, -0.2) is 43.0 Å². The van der Waals surface area contributed by atoms with Crippen LogP contribution in [0, 0.1) is 6.92 Å². The molecule has 4 heterocycles. The first kappa shape index (κ1) is 20.5. The predicted molar refractivity (Wildman–Crippen MR) is 121 cm³/mol. The number of nitrogens with zero attached hydrogens (tertiary/aromatic N) is 6. The highest BCUT2D eigenvalue weighted by Gasteiger charge is 2.33. The summed E-state index contributed by atoms with van der Waals surface area (Å²) in [7, 11) is 1.61. The van der Waals surface area contributed by atoms with Crippen LogP contribution in [-0.2, 0) is 18.3 Å². The number of carbonyl (C=O) groups is 1. The highest BCUT2D eigenvalue weighted by molar-refractivity contribution is 7.21. The fraction of sp³-hybridized carbons (Fsp3) is 0.364. The van der Waals surface area contributed by atoms with Crippen molar-refractivity contribution in [3.63, 3.8) is 0 Å². The minimum absolute atomic E-state index is 0.189. The second kappa shape index (κ2) is 8.27. The van der Waals surface area contributed by atoms with Gasteiger partial charge in [-0.2, -0.15) is 4.98 Å². The second-order valence-electron chi connectivity index (χ2n) is 7.90. The highest BCUT2D eigenvalue weighted by Crippen LogP contribution is 2.33. The van der Waals surface area contributed by atoms with E-state index in [0.29, 0.717) is 28.0 Å². The molecule has 1 fully saturated rings. The summed E-state index contributed by atoms with van der Waals surface area (Å²) < 4.78 is 6.57. The first-order valence-corrected chi connectivity index (χ1v) is 11.3. The van der Waals surface area contributed by atoms with E-state index in [1.807, 2.05) is 35.2 Å². The van der Waals surface area contributed by atoms with Gasteiger partial charge in [0.1, 0.15) is 0 Å². The monoisotopic (exact) mass is 450 g/mol. The van der Waals surface area contributed by atoms with E-state index in [0.717, 1.165) is 31.4 Å². The number of rotatable bonds is 6. The summed E-state index contributed by atoms with van der Waals surface area (Å²) in [4.78, 5) is 41.8. The fourth-order valence-corrected chi connectivity index (χ4v) is 5.06. The molecular weight excluding hydrogens is 428 g/mol. The third-order valence-electron chi connectivity index (χ3n) is 5.72. The van der Waals surface area contributed by atoms with Gasteiger partial charge in [-0.15, -0.1) is 0 Å². The Labute approximate surface area is 187 Å². The molecule has 0 amide bonds. The summed E-state index contributed by atoms with van der Waals surface area (Å²) in [5.41, 5.74) is 1.16. The molecule has 9 nitrogen and oxygen atoms in total. The van der Waals surface area contributed by atoms with E-state index >= 15 is 0 Å². The van der Waals surface area contributed by atoms with Crippen LogP contribution in [0.15, 0.2) is 39.6 Å². The Balaban J connectivity index is 1.42. The molecule has 32 heavy (non-hydrogen) atoms. The van der Waals surface area contributed by atoms with Crippen LogP contribution in [0.5, 0.6) is 0 Å². The molecule has 1 aliphatic heterocycles. The van der Waals surface area contributed by atoms with Crippen LogP contribution in [0.3, 0.4) is 0 Å². The quantitative estimate of drug-likeness (QED) is 0.441. The molecule has 1 aliphatic rings. The molecule has 1 saturated heterocycles. The van der Waals surface area contributed by atoms with Crippen LogP contribution in [0.25, 0.3) is 22.1 Å². The zero-order valence-corrected chi connectivity index (χ0v) is 18.6. The molecule has 10 heteroatoms. The van der Waals surface area contributed by atoms with Gasteiger partial charge in [0.15, 0.2) is 27.1 Å². The van der Waals surface area contributed by atoms with E-state index in [-0.39, 0.29) is 28.8 Å². The van der Waals surface area contributed by atoms with Crippen molar-refractivity contribution in [2.75, 3.05) is 11.4 Å². The van der Waals surface area contributed by atoms with E-state index in [2.05, 4.69) is 20.1 Å². The van der Waals surface area contributed by atoms with Gasteiger partial charge in [0.25, 0.3) is 11.4 Å². The lowest BCUT2D eigenvalue weighted by Crippen LogP contribution is -2.36. The largest absolute Gasteiger partial charge is 0.338 e. The molecule has 0 radical (unpaired) electrons. The molecule has 5 rings (SSSR count). The lowest BCUT2D eigenvalue weighted by atomic mass is 10.0. The van der Waals surface area contributed by atoms with Gasteiger partial charge in [0.2, 0.25) is 5.82 Å². The summed E-state index contributed by atoms with van der Waals surface area (Å²) in [6.45, 7) is 2.44. The van der Waals surface area contributed by atoms with Crippen LogP contribution in [0.4, 0.5) is 5.13 Å². The molecule has 0 aliphatic carbocycles. The molecule has 0 bridgehead atoms. The summed E-state index contributed by atoms with van der Waals surface area (Å²) >= 11 is 1.32. The minimum atomic E-state index is -0.283. The lowest BCUT2D eigenvalue weighted by molar-refractivity contribution is -0.120. The maximum Gasteiger partial charge on any atom is 0.294 e. The predicted octanol–water partition coefficient (Wildman–Crippen LogP) is 2.92. The van der Waals surface area contributed by atoms with E-state index in [4.69, 9.17) is 4.52 Å². The van der Waals surface area contributed by atoms with Crippen LogP contribution in [0.2, 0.25) is 0 Å². The first-order valence-electron chi connectivity index (χ1n) is 10.5. The Morgan fingerprint density at radius 2 is 2.03 bits per heavy atom. The third kappa shape index (κ3) is 3.70. The Morgan fingerprint density at radius 1 is 1.22 bits per heavy atom. The minimum Gasteiger partial charge on any atom is -0.338 e. The SMILES string of the molecule is Cc1noc(-c2nc3sc(N4CCC[C@@H]4C(=O)CCc4ccccc4)nc3c(=O)n2C)n1. The number of hydrogen-bond acceptors (Lipinski definition) is 9. The van der Waals surface area contributed by atoms with Crippen molar-refractivity contribution < 1.29 is 9.32 Å². The van der Waals surface area contributed by atoms with Gasteiger partial charge in [-0.25, -0.2) is 9.97 Å². The number of ketones is 1. The molecule has 164 valence electrons. The molecule has 0 saturated carbocycles. The second-order valence-corrected chi connectivity index (χ2v) is 8.86. The van der Waals surface area contributed by atoms with Gasteiger partial charge < -0.3 is 9.42 Å². The molecule has 0 unspecified atom stereocenters. The standard InChI is InChI=1S/C22H22N6O3S/c1-13-23-19(31-26-13)18-25-20-17(21(30)27(18)2)24-22(32-20)28-12-6-9-15(28)16(29)11-10-14-7-4-3-5-8-14/h3-5,7-8,15H,6,9-12H2,1-2H3/t15-/m1/s1. The summed E-state index contributed by atoms with van der Waals surface area (Å²) in [6, 6.07) is 9.80. The molecule has 0 spiro atoms. The van der Waals surface area contributed by atoms with Crippen molar-refractivity contribution in [2.45, 2.75) is 38.6 Å². The number of hydrogen-bond donors (Lipinski definition) is 0. The van der Waals surface area contributed by atoms with Gasteiger partial charge >= 0.3 is 0 Å².